The molecule has 20 heavy (non-hydrogen) atoms. The third-order valence-corrected chi connectivity index (χ3v) is 4.07. The van der Waals surface area contributed by atoms with E-state index in [2.05, 4.69) is 31.3 Å². The van der Waals surface area contributed by atoms with E-state index in [1.54, 1.807) is 0 Å². The van der Waals surface area contributed by atoms with Crippen molar-refractivity contribution < 1.29 is 9.53 Å². The molecule has 3 unspecified atom stereocenters. The lowest BCUT2D eigenvalue weighted by atomic mass is 10.00. The maximum atomic E-state index is 12.7. The molecular weight excluding hydrogens is 252 g/mol. The number of carbonyl (C=O) groups is 1. The number of rotatable bonds is 5. The molecule has 1 aromatic rings. The fourth-order valence-electron chi connectivity index (χ4n) is 2.67. The van der Waals surface area contributed by atoms with Gasteiger partial charge in [0.1, 0.15) is 0 Å². The lowest BCUT2D eigenvalue weighted by Gasteiger charge is -2.29. The van der Waals surface area contributed by atoms with Gasteiger partial charge in [0.25, 0.3) is 0 Å². The molecule has 110 valence electrons. The summed E-state index contributed by atoms with van der Waals surface area (Å²) in [5.74, 6) is 0.0796. The van der Waals surface area contributed by atoms with Gasteiger partial charge in [0.15, 0.2) is 0 Å². The number of nitrogens with zero attached hydrogens (tertiary/aromatic N) is 1. The molecular formula is C16H24N2O2. The summed E-state index contributed by atoms with van der Waals surface area (Å²) in [4.78, 5) is 14.5. The van der Waals surface area contributed by atoms with Crippen LogP contribution in [0, 0.1) is 5.92 Å². The third kappa shape index (κ3) is 3.19. The van der Waals surface area contributed by atoms with E-state index >= 15 is 0 Å². The van der Waals surface area contributed by atoms with E-state index in [9.17, 15) is 4.79 Å². The minimum absolute atomic E-state index is 0.0755. The van der Waals surface area contributed by atoms with Crippen molar-refractivity contribution in [2.75, 3.05) is 26.8 Å². The highest BCUT2D eigenvalue weighted by atomic mass is 16.5. The van der Waals surface area contributed by atoms with Crippen molar-refractivity contribution in [3.63, 3.8) is 0 Å². The average Bonchev–Trinajstić information content (AvgIpc) is 2.94. The van der Waals surface area contributed by atoms with E-state index in [1.807, 2.05) is 30.1 Å². The molecule has 0 bridgehead atoms. The van der Waals surface area contributed by atoms with Gasteiger partial charge in [0.2, 0.25) is 5.91 Å². The Kier molecular flexibility index (Phi) is 5.15. The summed E-state index contributed by atoms with van der Waals surface area (Å²) in [7, 11) is 1.88. The maximum absolute atomic E-state index is 12.7. The third-order valence-electron chi connectivity index (χ3n) is 4.07. The van der Waals surface area contributed by atoms with Crippen molar-refractivity contribution in [2.45, 2.75) is 25.9 Å². The maximum Gasteiger partial charge on any atom is 0.229 e. The van der Waals surface area contributed by atoms with Crippen LogP contribution in [0.3, 0.4) is 0 Å². The van der Waals surface area contributed by atoms with Gasteiger partial charge in [0, 0.05) is 13.1 Å². The Morgan fingerprint density at radius 2 is 2.10 bits per heavy atom. The molecule has 0 aliphatic carbocycles. The molecule has 1 aliphatic rings. The lowest BCUT2D eigenvalue weighted by molar-refractivity contribution is -0.136. The Morgan fingerprint density at radius 3 is 2.75 bits per heavy atom. The Labute approximate surface area is 121 Å². The molecule has 1 saturated heterocycles. The summed E-state index contributed by atoms with van der Waals surface area (Å²) < 4.78 is 5.47. The Bertz CT molecular complexity index is 435. The predicted molar refractivity (Wildman–Crippen MR) is 79.4 cm³/mol. The molecule has 3 atom stereocenters. The molecule has 1 heterocycles. The second kappa shape index (κ2) is 6.86. The summed E-state index contributed by atoms with van der Waals surface area (Å²) in [6.07, 6.45) is 0. The van der Waals surface area contributed by atoms with E-state index in [4.69, 9.17) is 4.74 Å². The smallest absolute Gasteiger partial charge is 0.229 e. The second-order valence-corrected chi connectivity index (χ2v) is 5.34. The number of benzene rings is 1. The van der Waals surface area contributed by atoms with Gasteiger partial charge in [0.05, 0.1) is 25.2 Å². The summed E-state index contributed by atoms with van der Waals surface area (Å²) >= 11 is 0. The van der Waals surface area contributed by atoms with E-state index in [1.165, 1.54) is 0 Å². The van der Waals surface area contributed by atoms with Crippen LogP contribution in [0.5, 0.6) is 0 Å². The Morgan fingerprint density at radius 1 is 1.40 bits per heavy atom. The topological polar surface area (TPSA) is 41.6 Å². The van der Waals surface area contributed by atoms with Gasteiger partial charge in [-0.25, -0.2) is 0 Å². The first kappa shape index (κ1) is 15.0. The Hall–Kier alpha value is -1.39. The first-order valence-electron chi connectivity index (χ1n) is 7.28. The van der Waals surface area contributed by atoms with Crippen molar-refractivity contribution in [3.8, 4) is 0 Å². The molecule has 2 rings (SSSR count). The zero-order valence-corrected chi connectivity index (χ0v) is 12.5. The second-order valence-electron chi connectivity index (χ2n) is 5.34. The highest BCUT2D eigenvalue weighted by molar-refractivity contribution is 5.80. The predicted octanol–water partition coefficient (Wildman–Crippen LogP) is 1.83. The van der Waals surface area contributed by atoms with Crippen molar-refractivity contribution in [1.82, 2.24) is 10.2 Å². The number of carbonyl (C=O) groups excluding carboxylic acids is 1. The molecule has 1 aliphatic heterocycles. The van der Waals surface area contributed by atoms with Gasteiger partial charge in [-0.3, -0.25) is 4.79 Å². The van der Waals surface area contributed by atoms with Crippen LogP contribution in [-0.2, 0) is 9.53 Å². The normalized spacial score (nSPS) is 23.6. The first-order chi connectivity index (χ1) is 9.65. The van der Waals surface area contributed by atoms with Crippen LogP contribution in [0.2, 0.25) is 0 Å². The number of likely N-dealkylation sites (N-methyl/N-ethyl adjacent to an activating group) is 1. The van der Waals surface area contributed by atoms with E-state index in [-0.39, 0.29) is 23.9 Å². The van der Waals surface area contributed by atoms with Crippen LogP contribution >= 0.6 is 0 Å². The van der Waals surface area contributed by atoms with E-state index < -0.39 is 0 Å². The van der Waals surface area contributed by atoms with Crippen LogP contribution in [0.1, 0.15) is 25.5 Å². The number of hydrogen-bond acceptors (Lipinski definition) is 3. The van der Waals surface area contributed by atoms with Gasteiger partial charge in [-0.2, -0.15) is 0 Å². The molecule has 1 N–H and O–H groups in total. The largest absolute Gasteiger partial charge is 0.379 e. The molecule has 1 amide bonds. The zero-order valence-electron chi connectivity index (χ0n) is 12.5. The van der Waals surface area contributed by atoms with Gasteiger partial charge in [-0.05, 0) is 19.0 Å². The molecule has 4 heteroatoms. The number of amides is 1. The quantitative estimate of drug-likeness (QED) is 0.892. The summed E-state index contributed by atoms with van der Waals surface area (Å²) in [5.41, 5.74) is 1.15. The SMILES string of the molecule is CCNC1COCC1C(=O)N(C)C(C)c1ccccc1. The molecule has 1 aromatic carbocycles. The standard InChI is InChI=1S/C16H24N2O2/c1-4-17-15-11-20-10-14(15)16(19)18(3)12(2)13-8-6-5-7-9-13/h5-9,12,14-15,17H,4,10-11H2,1-3H3. The summed E-state index contributed by atoms with van der Waals surface area (Å²) in [6, 6.07) is 10.3. The van der Waals surface area contributed by atoms with Crippen molar-refractivity contribution in [2.24, 2.45) is 5.92 Å². The molecule has 0 aromatic heterocycles. The minimum atomic E-state index is -0.0777. The average molecular weight is 276 g/mol. The minimum Gasteiger partial charge on any atom is -0.379 e. The van der Waals surface area contributed by atoms with Crippen molar-refractivity contribution in [1.29, 1.82) is 0 Å². The fourth-order valence-corrected chi connectivity index (χ4v) is 2.67. The van der Waals surface area contributed by atoms with E-state index in [0.29, 0.717) is 13.2 Å². The monoisotopic (exact) mass is 276 g/mol. The van der Waals surface area contributed by atoms with Gasteiger partial charge in [-0.15, -0.1) is 0 Å². The number of nitrogens with one attached hydrogen (secondary N) is 1. The highest BCUT2D eigenvalue weighted by Crippen LogP contribution is 2.23. The molecule has 0 radical (unpaired) electrons. The molecule has 1 fully saturated rings. The van der Waals surface area contributed by atoms with Crippen LogP contribution in [0.4, 0.5) is 0 Å². The number of hydrogen-bond donors (Lipinski definition) is 1. The zero-order chi connectivity index (χ0) is 14.5. The molecule has 0 saturated carbocycles. The van der Waals surface area contributed by atoms with Crippen molar-refractivity contribution >= 4 is 5.91 Å². The fraction of sp³-hybridized carbons (Fsp3) is 0.562. The van der Waals surface area contributed by atoms with Gasteiger partial charge in [-0.1, -0.05) is 37.3 Å². The summed E-state index contributed by atoms with van der Waals surface area (Å²) in [6.45, 7) is 6.11. The summed E-state index contributed by atoms with van der Waals surface area (Å²) in [5, 5.41) is 3.34. The molecule has 0 spiro atoms. The van der Waals surface area contributed by atoms with Crippen LogP contribution in [0.25, 0.3) is 0 Å². The Balaban J connectivity index is 2.04. The van der Waals surface area contributed by atoms with Crippen LogP contribution in [0.15, 0.2) is 30.3 Å². The molecule has 4 nitrogen and oxygen atoms in total. The lowest BCUT2D eigenvalue weighted by Crippen LogP contribution is -2.45. The number of ether oxygens (including phenoxy) is 1. The van der Waals surface area contributed by atoms with Gasteiger partial charge < -0.3 is 15.0 Å². The van der Waals surface area contributed by atoms with Gasteiger partial charge >= 0.3 is 0 Å². The van der Waals surface area contributed by atoms with E-state index in [0.717, 1.165) is 12.1 Å². The van der Waals surface area contributed by atoms with Crippen LogP contribution in [-0.4, -0.2) is 43.7 Å². The van der Waals surface area contributed by atoms with Crippen LogP contribution < -0.4 is 5.32 Å². The van der Waals surface area contributed by atoms with Crippen molar-refractivity contribution in [3.05, 3.63) is 35.9 Å². The first-order valence-corrected chi connectivity index (χ1v) is 7.28. The highest BCUT2D eigenvalue weighted by Gasteiger charge is 2.36.